The van der Waals surface area contributed by atoms with Crippen LogP contribution in [-0.4, -0.2) is 35.1 Å². The molecule has 1 heterocycles. The first-order chi connectivity index (χ1) is 9.13. The lowest BCUT2D eigenvalue weighted by Crippen LogP contribution is -2.28. The number of benzene rings is 1. The summed E-state index contributed by atoms with van der Waals surface area (Å²) in [5, 5.41) is 3.64. The Morgan fingerprint density at radius 1 is 1.37 bits per heavy atom. The molecule has 4 heteroatoms. The predicted molar refractivity (Wildman–Crippen MR) is 83.7 cm³/mol. The molecule has 1 atom stereocenters. The molecule has 1 aromatic carbocycles. The number of likely N-dealkylation sites (tertiary alicyclic amines) is 1. The standard InChI is InChI=1S/C15H21N3S/c1-10-2-5-13(15(16)19)14(8-10)17-11-6-7-18(9-11)12-3-4-12/h2,5,8,11-12,17H,3-4,6-7,9H2,1H3,(H2,16,19). The van der Waals surface area contributed by atoms with Crippen molar-refractivity contribution in [1.29, 1.82) is 0 Å². The lowest BCUT2D eigenvalue weighted by Gasteiger charge is -2.19. The van der Waals surface area contributed by atoms with Crippen molar-refractivity contribution in [1.82, 2.24) is 4.90 Å². The molecule has 1 aromatic rings. The van der Waals surface area contributed by atoms with Crippen molar-refractivity contribution in [2.75, 3.05) is 18.4 Å². The van der Waals surface area contributed by atoms with E-state index in [2.05, 4.69) is 29.3 Å². The number of hydrogen-bond donors (Lipinski definition) is 2. The first-order valence-electron chi connectivity index (χ1n) is 7.04. The fourth-order valence-corrected chi connectivity index (χ4v) is 3.07. The molecule has 1 aliphatic carbocycles. The van der Waals surface area contributed by atoms with Crippen LogP contribution in [0.2, 0.25) is 0 Å². The molecule has 19 heavy (non-hydrogen) atoms. The molecule has 3 nitrogen and oxygen atoms in total. The minimum atomic E-state index is 0.472. The van der Waals surface area contributed by atoms with Crippen LogP contribution < -0.4 is 11.1 Å². The highest BCUT2D eigenvalue weighted by Gasteiger charge is 2.34. The van der Waals surface area contributed by atoms with Crippen molar-refractivity contribution in [3.05, 3.63) is 29.3 Å². The molecule has 102 valence electrons. The smallest absolute Gasteiger partial charge is 0.106 e. The summed E-state index contributed by atoms with van der Waals surface area (Å²) in [5.74, 6) is 0. The van der Waals surface area contributed by atoms with E-state index in [4.69, 9.17) is 18.0 Å². The summed E-state index contributed by atoms with van der Waals surface area (Å²) in [4.78, 5) is 3.08. The molecule has 0 amide bonds. The topological polar surface area (TPSA) is 41.3 Å². The van der Waals surface area contributed by atoms with Crippen molar-refractivity contribution in [3.63, 3.8) is 0 Å². The Bertz CT molecular complexity index is 496. The van der Waals surface area contributed by atoms with Gasteiger partial charge in [-0.2, -0.15) is 0 Å². The molecule has 1 unspecified atom stereocenters. The second-order valence-corrected chi connectivity index (χ2v) is 6.21. The first-order valence-corrected chi connectivity index (χ1v) is 7.45. The lowest BCUT2D eigenvalue weighted by molar-refractivity contribution is 0.326. The van der Waals surface area contributed by atoms with E-state index in [0.717, 1.165) is 23.8 Å². The van der Waals surface area contributed by atoms with Crippen molar-refractivity contribution in [2.45, 2.75) is 38.3 Å². The minimum absolute atomic E-state index is 0.472. The molecule has 0 aromatic heterocycles. The van der Waals surface area contributed by atoms with Crippen LogP contribution in [0.25, 0.3) is 0 Å². The molecule has 1 saturated heterocycles. The summed E-state index contributed by atoms with van der Waals surface area (Å²) in [6.07, 6.45) is 3.98. The zero-order valence-corrected chi connectivity index (χ0v) is 12.2. The molecule has 2 aliphatic rings. The fraction of sp³-hybridized carbons (Fsp3) is 0.533. The average molecular weight is 275 g/mol. The molecule has 0 radical (unpaired) electrons. The van der Waals surface area contributed by atoms with E-state index in [9.17, 15) is 0 Å². The summed E-state index contributed by atoms with van der Waals surface area (Å²) >= 11 is 5.14. The van der Waals surface area contributed by atoms with E-state index in [1.807, 2.05) is 6.07 Å². The third-order valence-corrected chi connectivity index (χ3v) is 4.30. The largest absolute Gasteiger partial charge is 0.389 e. The molecular formula is C15H21N3S. The molecule has 1 aliphatic heterocycles. The van der Waals surface area contributed by atoms with E-state index in [0.29, 0.717) is 11.0 Å². The second-order valence-electron chi connectivity index (χ2n) is 5.77. The zero-order valence-electron chi connectivity index (χ0n) is 11.4. The average Bonchev–Trinajstić information content (AvgIpc) is 3.10. The number of nitrogens with zero attached hydrogens (tertiary/aromatic N) is 1. The molecule has 2 fully saturated rings. The van der Waals surface area contributed by atoms with Crippen LogP contribution in [0.4, 0.5) is 5.69 Å². The van der Waals surface area contributed by atoms with Crippen LogP contribution in [0.1, 0.15) is 30.4 Å². The van der Waals surface area contributed by atoms with Crippen LogP contribution in [-0.2, 0) is 0 Å². The van der Waals surface area contributed by atoms with Gasteiger partial charge in [0, 0.05) is 36.4 Å². The Labute approximate surface area is 120 Å². The first kappa shape index (κ1) is 12.9. The van der Waals surface area contributed by atoms with Gasteiger partial charge in [0.05, 0.1) is 0 Å². The monoisotopic (exact) mass is 275 g/mol. The van der Waals surface area contributed by atoms with Gasteiger partial charge in [0.1, 0.15) is 4.99 Å². The molecule has 3 N–H and O–H groups in total. The van der Waals surface area contributed by atoms with Crippen molar-refractivity contribution in [3.8, 4) is 0 Å². The van der Waals surface area contributed by atoms with Crippen LogP contribution in [0, 0.1) is 6.92 Å². The van der Waals surface area contributed by atoms with Gasteiger partial charge in [0.15, 0.2) is 0 Å². The number of hydrogen-bond acceptors (Lipinski definition) is 3. The summed E-state index contributed by atoms with van der Waals surface area (Å²) in [5.41, 5.74) is 9.10. The van der Waals surface area contributed by atoms with Crippen LogP contribution in [0.3, 0.4) is 0 Å². The minimum Gasteiger partial charge on any atom is -0.389 e. The summed E-state index contributed by atoms with van der Waals surface area (Å²) in [6, 6.07) is 7.61. The van der Waals surface area contributed by atoms with Gasteiger partial charge in [-0.25, -0.2) is 0 Å². The maximum Gasteiger partial charge on any atom is 0.106 e. The molecule has 0 spiro atoms. The molecule has 0 bridgehead atoms. The van der Waals surface area contributed by atoms with E-state index in [-0.39, 0.29) is 0 Å². The fourth-order valence-electron chi connectivity index (χ4n) is 2.89. The van der Waals surface area contributed by atoms with E-state index in [1.54, 1.807) is 0 Å². The SMILES string of the molecule is Cc1ccc(C(N)=S)c(NC2CCN(C3CC3)C2)c1. The number of nitrogens with one attached hydrogen (secondary N) is 1. The van der Waals surface area contributed by atoms with Crippen LogP contribution in [0.15, 0.2) is 18.2 Å². The van der Waals surface area contributed by atoms with Gasteiger partial charge in [0.2, 0.25) is 0 Å². The predicted octanol–water partition coefficient (Wildman–Crippen LogP) is 2.28. The van der Waals surface area contributed by atoms with Gasteiger partial charge < -0.3 is 11.1 Å². The second kappa shape index (κ2) is 5.10. The number of aryl methyl sites for hydroxylation is 1. The van der Waals surface area contributed by atoms with Crippen LogP contribution in [0.5, 0.6) is 0 Å². The molecular weight excluding hydrogens is 254 g/mol. The highest BCUT2D eigenvalue weighted by molar-refractivity contribution is 7.80. The van der Waals surface area contributed by atoms with Gasteiger partial charge >= 0.3 is 0 Å². The summed E-state index contributed by atoms with van der Waals surface area (Å²) in [6.45, 7) is 4.46. The Balaban J connectivity index is 1.72. The maximum atomic E-state index is 5.81. The quantitative estimate of drug-likeness (QED) is 0.827. The van der Waals surface area contributed by atoms with Crippen molar-refractivity contribution >= 4 is 22.9 Å². The number of anilines is 1. The lowest BCUT2D eigenvalue weighted by atomic mass is 10.1. The van der Waals surface area contributed by atoms with Crippen molar-refractivity contribution in [2.24, 2.45) is 5.73 Å². The molecule has 3 rings (SSSR count). The van der Waals surface area contributed by atoms with Gasteiger partial charge in [-0.15, -0.1) is 0 Å². The third kappa shape index (κ3) is 2.90. The number of thiocarbonyl (C=S) groups is 1. The third-order valence-electron chi connectivity index (χ3n) is 4.08. The van der Waals surface area contributed by atoms with Gasteiger partial charge in [-0.3, -0.25) is 4.90 Å². The summed E-state index contributed by atoms with van der Waals surface area (Å²) in [7, 11) is 0. The number of rotatable bonds is 4. The molecule has 1 saturated carbocycles. The van der Waals surface area contributed by atoms with Gasteiger partial charge in [-0.05, 0) is 43.9 Å². The number of nitrogens with two attached hydrogens (primary N) is 1. The Hall–Kier alpha value is -1.13. The summed E-state index contributed by atoms with van der Waals surface area (Å²) < 4.78 is 0. The Morgan fingerprint density at radius 3 is 2.84 bits per heavy atom. The zero-order chi connectivity index (χ0) is 13.4. The van der Waals surface area contributed by atoms with Crippen LogP contribution >= 0.6 is 12.2 Å². The van der Waals surface area contributed by atoms with Gasteiger partial charge in [-0.1, -0.05) is 18.3 Å². The Kier molecular flexibility index (Phi) is 3.46. The van der Waals surface area contributed by atoms with Crippen molar-refractivity contribution < 1.29 is 0 Å². The van der Waals surface area contributed by atoms with E-state index < -0.39 is 0 Å². The Morgan fingerprint density at radius 2 is 2.16 bits per heavy atom. The highest BCUT2D eigenvalue weighted by atomic mass is 32.1. The maximum absolute atomic E-state index is 5.81. The normalized spacial score (nSPS) is 23.5. The van der Waals surface area contributed by atoms with Gasteiger partial charge in [0.25, 0.3) is 0 Å². The van der Waals surface area contributed by atoms with E-state index >= 15 is 0 Å². The highest BCUT2D eigenvalue weighted by Crippen LogP contribution is 2.31. The van der Waals surface area contributed by atoms with E-state index in [1.165, 1.54) is 31.4 Å².